The first-order valence-corrected chi connectivity index (χ1v) is 8.21. The predicted octanol–water partition coefficient (Wildman–Crippen LogP) is 3.61. The van der Waals surface area contributed by atoms with E-state index in [1.54, 1.807) is 6.92 Å². The molecule has 0 saturated carbocycles. The molecule has 1 heterocycles. The second-order valence-corrected chi connectivity index (χ2v) is 5.86. The van der Waals surface area contributed by atoms with Crippen LogP contribution in [0.3, 0.4) is 0 Å². The highest BCUT2D eigenvalue weighted by molar-refractivity contribution is 5.80. The van der Waals surface area contributed by atoms with Crippen LogP contribution in [-0.2, 0) is 4.79 Å². The number of hydrogen-bond donors (Lipinski definition) is 1. The second kappa shape index (κ2) is 7.77. The van der Waals surface area contributed by atoms with Crippen LogP contribution in [0.15, 0.2) is 52.9 Å². The minimum Gasteiger partial charge on any atom is -0.493 e. The molecule has 0 aliphatic heterocycles. The van der Waals surface area contributed by atoms with E-state index in [9.17, 15) is 14.9 Å². The van der Waals surface area contributed by atoms with Gasteiger partial charge in [-0.05, 0) is 25.1 Å². The van der Waals surface area contributed by atoms with Crippen LogP contribution >= 0.6 is 0 Å². The number of nitro groups is 1. The van der Waals surface area contributed by atoms with Crippen molar-refractivity contribution in [3.63, 3.8) is 0 Å². The van der Waals surface area contributed by atoms with Crippen LogP contribution in [0.25, 0.3) is 11.0 Å². The maximum atomic E-state index is 12.2. The number of amides is 1. The number of para-hydroxylation sites is 1. The second-order valence-electron chi connectivity index (χ2n) is 5.86. The van der Waals surface area contributed by atoms with Crippen molar-refractivity contribution in [2.75, 3.05) is 13.7 Å². The van der Waals surface area contributed by atoms with Crippen molar-refractivity contribution >= 4 is 22.6 Å². The summed E-state index contributed by atoms with van der Waals surface area (Å²) in [5, 5.41) is 14.6. The number of rotatable bonds is 7. The molecular formula is C19H18N2O6. The number of methoxy groups -OCH3 is 1. The Balaban J connectivity index is 1.64. The maximum absolute atomic E-state index is 12.2. The van der Waals surface area contributed by atoms with Crippen molar-refractivity contribution in [1.82, 2.24) is 5.32 Å². The van der Waals surface area contributed by atoms with Gasteiger partial charge >= 0.3 is 0 Å². The quantitative estimate of drug-likeness (QED) is 0.503. The number of non-ortho nitro benzene ring substituents is 1. The van der Waals surface area contributed by atoms with E-state index in [0.29, 0.717) is 11.5 Å². The first-order valence-electron chi connectivity index (χ1n) is 8.21. The SMILES string of the molecule is COc1ccc([N+](=O)[O-])cc1OCC(=O)N[C@@H](C)c1cc2ccccc2o1. The lowest BCUT2D eigenvalue weighted by molar-refractivity contribution is -0.385. The van der Waals surface area contributed by atoms with Crippen LogP contribution < -0.4 is 14.8 Å². The van der Waals surface area contributed by atoms with Gasteiger partial charge in [-0.2, -0.15) is 0 Å². The van der Waals surface area contributed by atoms with E-state index in [-0.39, 0.29) is 24.1 Å². The van der Waals surface area contributed by atoms with Gasteiger partial charge in [-0.15, -0.1) is 0 Å². The lowest BCUT2D eigenvalue weighted by Gasteiger charge is -2.13. The van der Waals surface area contributed by atoms with E-state index in [0.717, 1.165) is 11.0 Å². The van der Waals surface area contributed by atoms with Crippen molar-refractivity contribution in [3.05, 3.63) is 64.4 Å². The molecule has 140 valence electrons. The number of benzene rings is 2. The maximum Gasteiger partial charge on any atom is 0.273 e. The number of nitrogens with one attached hydrogen (secondary N) is 1. The highest BCUT2D eigenvalue weighted by Crippen LogP contribution is 2.31. The summed E-state index contributed by atoms with van der Waals surface area (Å²) in [6.07, 6.45) is 0. The molecule has 0 bridgehead atoms. The first-order chi connectivity index (χ1) is 13.0. The Morgan fingerprint density at radius 2 is 2.00 bits per heavy atom. The number of nitrogens with zero attached hydrogens (tertiary/aromatic N) is 1. The van der Waals surface area contributed by atoms with E-state index in [1.165, 1.54) is 25.3 Å². The molecule has 0 saturated heterocycles. The van der Waals surface area contributed by atoms with E-state index in [1.807, 2.05) is 30.3 Å². The van der Waals surface area contributed by atoms with Crippen molar-refractivity contribution in [2.45, 2.75) is 13.0 Å². The standard InChI is InChI=1S/C19H18N2O6/c1-12(17-9-13-5-3-4-6-15(13)27-17)20-19(22)11-26-18-10-14(21(23)24)7-8-16(18)25-2/h3-10,12H,11H2,1-2H3,(H,20,22)/t12-/m0/s1. The Labute approximate surface area is 154 Å². The number of carbonyl (C=O) groups excluding carboxylic acids is 1. The Morgan fingerprint density at radius 1 is 1.22 bits per heavy atom. The lowest BCUT2D eigenvalue weighted by atomic mass is 10.2. The summed E-state index contributed by atoms with van der Waals surface area (Å²) in [4.78, 5) is 22.5. The van der Waals surface area contributed by atoms with Gasteiger partial charge in [0.05, 0.1) is 24.1 Å². The number of furan rings is 1. The molecule has 0 aliphatic rings. The van der Waals surface area contributed by atoms with Gasteiger partial charge in [-0.3, -0.25) is 14.9 Å². The van der Waals surface area contributed by atoms with Gasteiger partial charge in [0.25, 0.3) is 11.6 Å². The summed E-state index contributed by atoms with van der Waals surface area (Å²) in [6.45, 7) is 1.48. The van der Waals surface area contributed by atoms with Crippen LogP contribution in [0.5, 0.6) is 11.5 Å². The van der Waals surface area contributed by atoms with Gasteiger partial charge in [0.2, 0.25) is 0 Å². The van der Waals surface area contributed by atoms with Gasteiger partial charge in [0.15, 0.2) is 18.1 Å². The largest absolute Gasteiger partial charge is 0.493 e. The molecule has 1 aromatic heterocycles. The summed E-state index contributed by atoms with van der Waals surface area (Å²) in [7, 11) is 1.41. The number of ether oxygens (including phenoxy) is 2. The highest BCUT2D eigenvalue weighted by Gasteiger charge is 2.17. The molecule has 8 nitrogen and oxygen atoms in total. The molecule has 0 spiro atoms. The molecule has 0 radical (unpaired) electrons. The highest BCUT2D eigenvalue weighted by atomic mass is 16.6. The fourth-order valence-electron chi connectivity index (χ4n) is 2.61. The van der Waals surface area contributed by atoms with E-state index in [4.69, 9.17) is 13.9 Å². The minimum atomic E-state index is -0.546. The summed E-state index contributed by atoms with van der Waals surface area (Å²) >= 11 is 0. The predicted molar refractivity (Wildman–Crippen MR) is 97.9 cm³/mol. The molecule has 2 aromatic carbocycles. The summed E-state index contributed by atoms with van der Waals surface area (Å²) in [5.74, 6) is 0.658. The molecular weight excluding hydrogens is 352 g/mol. The van der Waals surface area contributed by atoms with Crippen molar-refractivity contribution < 1.29 is 23.6 Å². The Bertz CT molecular complexity index is 948. The van der Waals surface area contributed by atoms with Gasteiger partial charge in [-0.1, -0.05) is 18.2 Å². The van der Waals surface area contributed by atoms with Gasteiger partial charge in [0, 0.05) is 11.5 Å². The summed E-state index contributed by atoms with van der Waals surface area (Å²) in [6, 6.07) is 13.0. The normalized spacial score (nSPS) is 11.8. The van der Waals surface area contributed by atoms with Crippen molar-refractivity contribution in [1.29, 1.82) is 0 Å². The zero-order valence-electron chi connectivity index (χ0n) is 14.8. The van der Waals surface area contributed by atoms with Crippen molar-refractivity contribution in [2.24, 2.45) is 0 Å². The molecule has 27 heavy (non-hydrogen) atoms. The monoisotopic (exact) mass is 370 g/mol. The third-order valence-electron chi connectivity index (χ3n) is 3.97. The van der Waals surface area contributed by atoms with Crippen LogP contribution in [0, 0.1) is 10.1 Å². The molecule has 1 N–H and O–H groups in total. The molecule has 0 aliphatic carbocycles. The summed E-state index contributed by atoms with van der Waals surface area (Å²) in [5.41, 5.74) is 0.591. The average molecular weight is 370 g/mol. The first kappa shape index (κ1) is 18.2. The third-order valence-corrected chi connectivity index (χ3v) is 3.97. The van der Waals surface area contributed by atoms with Crippen LogP contribution in [-0.4, -0.2) is 24.5 Å². The topological polar surface area (TPSA) is 104 Å². The van der Waals surface area contributed by atoms with Crippen molar-refractivity contribution in [3.8, 4) is 11.5 Å². The van der Waals surface area contributed by atoms with Crippen LogP contribution in [0.1, 0.15) is 18.7 Å². The van der Waals surface area contributed by atoms with E-state index in [2.05, 4.69) is 5.32 Å². The van der Waals surface area contributed by atoms with Crippen LogP contribution in [0.4, 0.5) is 5.69 Å². The average Bonchev–Trinajstić information content (AvgIpc) is 3.10. The van der Waals surface area contributed by atoms with Crippen LogP contribution in [0.2, 0.25) is 0 Å². The molecule has 1 amide bonds. The molecule has 1 atom stereocenters. The number of carbonyl (C=O) groups is 1. The van der Waals surface area contributed by atoms with E-state index < -0.39 is 10.8 Å². The molecule has 3 aromatic rings. The number of nitro benzene ring substituents is 1. The Kier molecular flexibility index (Phi) is 5.25. The van der Waals surface area contributed by atoms with Gasteiger partial charge in [0.1, 0.15) is 11.3 Å². The zero-order chi connectivity index (χ0) is 19.4. The minimum absolute atomic E-state index is 0.123. The Morgan fingerprint density at radius 3 is 2.70 bits per heavy atom. The molecule has 3 rings (SSSR count). The van der Waals surface area contributed by atoms with Gasteiger partial charge < -0.3 is 19.2 Å². The number of fused-ring (bicyclic) bond motifs is 1. The smallest absolute Gasteiger partial charge is 0.273 e. The molecule has 8 heteroatoms. The summed E-state index contributed by atoms with van der Waals surface area (Å²) < 4.78 is 16.2. The fraction of sp³-hybridized carbons (Fsp3) is 0.211. The fourth-order valence-corrected chi connectivity index (χ4v) is 2.61. The Hall–Kier alpha value is -3.55. The lowest BCUT2D eigenvalue weighted by Crippen LogP contribution is -2.31. The van der Waals surface area contributed by atoms with E-state index >= 15 is 0 Å². The third kappa shape index (κ3) is 4.17. The zero-order valence-corrected chi connectivity index (χ0v) is 14.8. The molecule has 0 unspecified atom stereocenters. The molecule has 0 fully saturated rings. The van der Waals surface area contributed by atoms with Gasteiger partial charge in [-0.25, -0.2) is 0 Å². The number of hydrogen-bond acceptors (Lipinski definition) is 6.